The molecule has 1 fully saturated rings. The Morgan fingerprint density at radius 2 is 2.12 bits per heavy atom. The van der Waals surface area contributed by atoms with Gasteiger partial charge in [-0.05, 0) is 30.7 Å². The molecule has 126 valence electrons. The van der Waals surface area contributed by atoms with Gasteiger partial charge in [0.25, 0.3) is 5.91 Å². The monoisotopic (exact) mass is 327 g/mol. The number of carbonyl (C=O) groups is 1. The van der Waals surface area contributed by atoms with Crippen LogP contribution in [-0.2, 0) is 11.3 Å². The largest absolute Gasteiger partial charge is 0.507 e. The number of phenolic OH excluding ortho intramolecular Hbond substituents is 1. The van der Waals surface area contributed by atoms with E-state index >= 15 is 0 Å². The molecule has 0 atom stereocenters. The van der Waals surface area contributed by atoms with Gasteiger partial charge in [-0.3, -0.25) is 4.79 Å². The molecule has 1 aliphatic heterocycles. The molecule has 0 radical (unpaired) electrons. The van der Waals surface area contributed by atoms with Crippen molar-refractivity contribution in [3.63, 3.8) is 0 Å². The van der Waals surface area contributed by atoms with Gasteiger partial charge in [0.1, 0.15) is 11.6 Å². The van der Waals surface area contributed by atoms with Crippen LogP contribution in [0.25, 0.3) is 0 Å². The lowest BCUT2D eigenvalue weighted by molar-refractivity contribution is 0.0948. The quantitative estimate of drug-likeness (QED) is 0.896. The molecule has 1 aromatic heterocycles. The predicted molar refractivity (Wildman–Crippen MR) is 91.3 cm³/mol. The summed E-state index contributed by atoms with van der Waals surface area (Å²) in [6.45, 7) is 5.16. The first-order chi connectivity index (χ1) is 11.6. The summed E-state index contributed by atoms with van der Waals surface area (Å²) in [4.78, 5) is 18.9. The summed E-state index contributed by atoms with van der Waals surface area (Å²) in [6, 6.07) is 8.82. The highest BCUT2D eigenvalue weighted by Crippen LogP contribution is 2.20. The Morgan fingerprint density at radius 3 is 2.88 bits per heavy atom. The lowest BCUT2D eigenvalue weighted by Gasteiger charge is -2.29. The molecular weight excluding hydrogens is 306 g/mol. The molecule has 2 N–H and O–H groups in total. The van der Waals surface area contributed by atoms with Gasteiger partial charge in [0.05, 0.1) is 18.8 Å². The van der Waals surface area contributed by atoms with Gasteiger partial charge in [0.2, 0.25) is 0 Å². The van der Waals surface area contributed by atoms with Crippen molar-refractivity contribution >= 4 is 11.7 Å². The number of nitrogens with one attached hydrogen (secondary N) is 1. The number of aromatic nitrogens is 1. The van der Waals surface area contributed by atoms with Gasteiger partial charge in [0, 0.05) is 31.4 Å². The average Bonchev–Trinajstić information content (AvgIpc) is 2.61. The Morgan fingerprint density at radius 1 is 1.33 bits per heavy atom. The molecule has 2 aromatic rings. The van der Waals surface area contributed by atoms with Gasteiger partial charge in [-0.1, -0.05) is 12.1 Å². The summed E-state index contributed by atoms with van der Waals surface area (Å²) in [5.41, 5.74) is 2.13. The van der Waals surface area contributed by atoms with Crippen molar-refractivity contribution in [1.29, 1.82) is 0 Å². The van der Waals surface area contributed by atoms with Gasteiger partial charge < -0.3 is 20.1 Å². The summed E-state index contributed by atoms with van der Waals surface area (Å²) in [7, 11) is 0. The third kappa shape index (κ3) is 3.65. The molecule has 1 aromatic carbocycles. The van der Waals surface area contributed by atoms with Crippen LogP contribution in [0.15, 0.2) is 36.5 Å². The fraction of sp³-hybridized carbons (Fsp3) is 0.333. The minimum Gasteiger partial charge on any atom is -0.507 e. The molecular formula is C18H21N3O3. The number of hydrogen-bond donors (Lipinski definition) is 2. The molecule has 0 unspecified atom stereocenters. The zero-order valence-electron chi connectivity index (χ0n) is 13.7. The Hall–Kier alpha value is -2.60. The topological polar surface area (TPSA) is 74.7 Å². The molecule has 0 aliphatic carbocycles. The first-order valence-corrected chi connectivity index (χ1v) is 7.99. The van der Waals surface area contributed by atoms with Gasteiger partial charge in [-0.25, -0.2) is 4.98 Å². The maximum absolute atomic E-state index is 12.3. The third-order valence-corrected chi connectivity index (χ3v) is 4.02. The van der Waals surface area contributed by atoms with E-state index in [0.717, 1.165) is 30.0 Å². The second-order valence-electron chi connectivity index (χ2n) is 5.79. The van der Waals surface area contributed by atoms with E-state index in [4.69, 9.17) is 4.74 Å². The standard InChI is InChI=1S/C18H21N3O3/c1-13-4-5-15(16(22)11-13)18(23)20-12-14-3-2-6-19-17(14)21-7-9-24-10-8-21/h2-6,11,22H,7-10,12H2,1H3,(H,20,23). The van der Waals surface area contributed by atoms with E-state index in [1.165, 1.54) is 0 Å². The summed E-state index contributed by atoms with van der Waals surface area (Å²) < 4.78 is 5.37. The highest BCUT2D eigenvalue weighted by molar-refractivity contribution is 5.96. The molecule has 1 amide bonds. The maximum atomic E-state index is 12.3. The van der Waals surface area contributed by atoms with Crippen LogP contribution in [0.4, 0.5) is 5.82 Å². The number of anilines is 1. The highest BCUT2D eigenvalue weighted by Gasteiger charge is 2.17. The highest BCUT2D eigenvalue weighted by atomic mass is 16.5. The lowest BCUT2D eigenvalue weighted by atomic mass is 10.1. The average molecular weight is 327 g/mol. The van der Waals surface area contributed by atoms with E-state index in [0.29, 0.717) is 19.8 Å². The number of amides is 1. The fourth-order valence-electron chi connectivity index (χ4n) is 2.73. The van der Waals surface area contributed by atoms with Crippen LogP contribution in [-0.4, -0.2) is 42.3 Å². The molecule has 6 heteroatoms. The Bertz CT molecular complexity index is 727. The van der Waals surface area contributed by atoms with Crippen molar-refractivity contribution in [2.24, 2.45) is 0 Å². The van der Waals surface area contributed by atoms with E-state index in [1.54, 1.807) is 24.4 Å². The number of nitrogens with zero attached hydrogens (tertiary/aromatic N) is 2. The number of aryl methyl sites for hydroxylation is 1. The van der Waals surface area contributed by atoms with E-state index in [-0.39, 0.29) is 17.2 Å². The van der Waals surface area contributed by atoms with E-state index in [1.807, 2.05) is 19.1 Å². The third-order valence-electron chi connectivity index (χ3n) is 4.02. The van der Waals surface area contributed by atoms with Crippen molar-refractivity contribution in [3.8, 4) is 5.75 Å². The number of phenols is 1. The molecule has 24 heavy (non-hydrogen) atoms. The summed E-state index contributed by atoms with van der Waals surface area (Å²) in [5.74, 6) is 0.561. The van der Waals surface area contributed by atoms with Crippen LogP contribution in [0.3, 0.4) is 0 Å². The van der Waals surface area contributed by atoms with Crippen molar-refractivity contribution in [2.75, 3.05) is 31.2 Å². The van der Waals surface area contributed by atoms with Crippen molar-refractivity contribution in [1.82, 2.24) is 10.3 Å². The van der Waals surface area contributed by atoms with Gasteiger partial charge >= 0.3 is 0 Å². The van der Waals surface area contributed by atoms with Crippen LogP contribution in [0.2, 0.25) is 0 Å². The van der Waals surface area contributed by atoms with Gasteiger partial charge in [-0.15, -0.1) is 0 Å². The predicted octanol–water partition coefficient (Wildman–Crippen LogP) is 1.86. The number of ether oxygens (including phenoxy) is 1. The minimum absolute atomic E-state index is 0.00732. The van der Waals surface area contributed by atoms with Crippen LogP contribution in [0.5, 0.6) is 5.75 Å². The smallest absolute Gasteiger partial charge is 0.255 e. The summed E-state index contributed by atoms with van der Waals surface area (Å²) in [5, 5.41) is 12.8. The first-order valence-electron chi connectivity index (χ1n) is 7.99. The molecule has 3 rings (SSSR count). The number of morpholine rings is 1. The second-order valence-corrected chi connectivity index (χ2v) is 5.79. The number of pyridine rings is 1. The molecule has 6 nitrogen and oxygen atoms in total. The Kier molecular flexibility index (Phi) is 4.96. The number of benzene rings is 1. The number of aromatic hydroxyl groups is 1. The van der Waals surface area contributed by atoms with Crippen molar-refractivity contribution in [2.45, 2.75) is 13.5 Å². The zero-order chi connectivity index (χ0) is 16.9. The second kappa shape index (κ2) is 7.31. The SMILES string of the molecule is Cc1ccc(C(=O)NCc2cccnc2N2CCOCC2)c(O)c1. The first kappa shape index (κ1) is 16.3. The molecule has 2 heterocycles. The number of hydrogen-bond acceptors (Lipinski definition) is 5. The number of carbonyl (C=O) groups excluding carboxylic acids is 1. The summed E-state index contributed by atoms with van der Waals surface area (Å²) in [6.07, 6.45) is 1.75. The number of rotatable bonds is 4. The van der Waals surface area contributed by atoms with Crippen LogP contribution in [0, 0.1) is 6.92 Å². The van der Waals surface area contributed by atoms with Crippen LogP contribution in [0.1, 0.15) is 21.5 Å². The summed E-state index contributed by atoms with van der Waals surface area (Å²) >= 11 is 0. The molecule has 0 spiro atoms. The normalized spacial score (nSPS) is 14.5. The van der Waals surface area contributed by atoms with Crippen LogP contribution >= 0.6 is 0 Å². The Balaban J connectivity index is 1.71. The molecule has 0 bridgehead atoms. The lowest BCUT2D eigenvalue weighted by Crippen LogP contribution is -2.37. The van der Waals surface area contributed by atoms with Crippen molar-refractivity contribution < 1.29 is 14.6 Å². The Labute approximate surface area is 141 Å². The molecule has 1 saturated heterocycles. The fourth-order valence-corrected chi connectivity index (χ4v) is 2.73. The van der Waals surface area contributed by atoms with Gasteiger partial charge in [0.15, 0.2) is 0 Å². The van der Waals surface area contributed by atoms with Crippen LogP contribution < -0.4 is 10.2 Å². The minimum atomic E-state index is -0.302. The van der Waals surface area contributed by atoms with E-state index in [2.05, 4.69) is 15.2 Å². The molecule has 0 saturated carbocycles. The zero-order valence-corrected chi connectivity index (χ0v) is 13.7. The van der Waals surface area contributed by atoms with E-state index < -0.39 is 0 Å². The molecule has 1 aliphatic rings. The maximum Gasteiger partial charge on any atom is 0.255 e. The van der Waals surface area contributed by atoms with E-state index in [9.17, 15) is 9.90 Å². The van der Waals surface area contributed by atoms with Crippen molar-refractivity contribution in [3.05, 3.63) is 53.2 Å². The van der Waals surface area contributed by atoms with Gasteiger partial charge in [-0.2, -0.15) is 0 Å².